The molecular weight excluding hydrogens is 246 g/mol. The van der Waals surface area contributed by atoms with E-state index in [4.69, 9.17) is 16.3 Å². The normalized spacial score (nSPS) is 23.9. The van der Waals surface area contributed by atoms with Crippen LogP contribution in [0.3, 0.4) is 0 Å². The molecular formula is C15H22ClNO. The second-order valence-electron chi connectivity index (χ2n) is 5.21. The molecule has 0 N–H and O–H groups in total. The predicted octanol–water partition coefficient (Wildman–Crippen LogP) is 4.48. The highest BCUT2D eigenvalue weighted by atomic mass is 35.5. The molecule has 2 rings (SSSR count). The summed E-state index contributed by atoms with van der Waals surface area (Å²) in [7, 11) is 0. The van der Waals surface area contributed by atoms with Crippen molar-refractivity contribution in [1.29, 1.82) is 0 Å². The molecule has 100 valence electrons. The first-order valence-corrected chi connectivity index (χ1v) is 7.45. The molecule has 18 heavy (non-hydrogen) atoms. The van der Waals surface area contributed by atoms with E-state index in [2.05, 4.69) is 11.9 Å². The van der Waals surface area contributed by atoms with Crippen LogP contribution in [0.25, 0.3) is 0 Å². The Bertz CT molecular complexity index is 394. The summed E-state index contributed by atoms with van der Waals surface area (Å²) < 4.78 is 6.01. The van der Waals surface area contributed by atoms with E-state index in [1.165, 1.54) is 25.7 Å². The van der Waals surface area contributed by atoms with Gasteiger partial charge in [0.2, 0.25) is 5.88 Å². The van der Waals surface area contributed by atoms with E-state index in [1.54, 1.807) is 0 Å². The number of hydrogen-bond acceptors (Lipinski definition) is 2. The van der Waals surface area contributed by atoms with Gasteiger partial charge in [-0.25, -0.2) is 4.98 Å². The monoisotopic (exact) mass is 267 g/mol. The Balaban J connectivity index is 1.98. The Labute approximate surface area is 115 Å². The smallest absolute Gasteiger partial charge is 0.213 e. The first-order valence-electron chi connectivity index (χ1n) is 6.92. The number of pyridine rings is 1. The summed E-state index contributed by atoms with van der Waals surface area (Å²) in [5.41, 5.74) is 2.06. The molecule has 0 aromatic carbocycles. The second kappa shape index (κ2) is 6.42. The van der Waals surface area contributed by atoms with Crippen molar-refractivity contribution in [1.82, 2.24) is 4.98 Å². The summed E-state index contributed by atoms with van der Waals surface area (Å²) in [6.07, 6.45) is 6.58. The van der Waals surface area contributed by atoms with Crippen molar-refractivity contribution in [3.8, 4) is 5.88 Å². The molecule has 2 atom stereocenters. The molecule has 0 amide bonds. The van der Waals surface area contributed by atoms with Gasteiger partial charge in [-0.3, -0.25) is 0 Å². The van der Waals surface area contributed by atoms with Crippen molar-refractivity contribution in [2.45, 2.75) is 57.9 Å². The van der Waals surface area contributed by atoms with Crippen LogP contribution in [0.15, 0.2) is 12.1 Å². The zero-order chi connectivity index (χ0) is 13.0. The van der Waals surface area contributed by atoms with Crippen molar-refractivity contribution in [3.63, 3.8) is 0 Å². The molecule has 0 saturated heterocycles. The zero-order valence-corrected chi connectivity index (χ0v) is 12.0. The molecule has 3 heteroatoms. The summed E-state index contributed by atoms with van der Waals surface area (Å²) in [5, 5.41) is 0. The summed E-state index contributed by atoms with van der Waals surface area (Å²) >= 11 is 5.83. The van der Waals surface area contributed by atoms with Gasteiger partial charge >= 0.3 is 0 Å². The molecule has 2 nitrogen and oxygen atoms in total. The number of alkyl halides is 1. The highest BCUT2D eigenvalue weighted by Gasteiger charge is 2.22. The fourth-order valence-corrected chi connectivity index (χ4v) is 2.95. The van der Waals surface area contributed by atoms with Gasteiger partial charge in [-0.15, -0.1) is 11.6 Å². The number of aromatic nitrogens is 1. The van der Waals surface area contributed by atoms with Gasteiger partial charge in [0.25, 0.3) is 0 Å². The maximum atomic E-state index is 6.01. The number of halogens is 1. The van der Waals surface area contributed by atoms with Crippen molar-refractivity contribution >= 4 is 11.6 Å². The van der Waals surface area contributed by atoms with E-state index in [0.29, 0.717) is 12.0 Å². The third kappa shape index (κ3) is 3.38. The van der Waals surface area contributed by atoms with Crippen LogP contribution in [0.5, 0.6) is 5.88 Å². The van der Waals surface area contributed by atoms with Crippen molar-refractivity contribution in [2.75, 3.05) is 0 Å². The van der Waals surface area contributed by atoms with Gasteiger partial charge in [0.05, 0.1) is 0 Å². The summed E-state index contributed by atoms with van der Waals surface area (Å²) in [4.78, 5) is 4.48. The van der Waals surface area contributed by atoms with Crippen molar-refractivity contribution in [3.05, 3.63) is 23.4 Å². The van der Waals surface area contributed by atoms with Crippen LogP contribution in [0, 0.1) is 12.8 Å². The Morgan fingerprint density at radius 3 is 2.89 bits per heavy atom. The van der Waals surface area contributed by atoms with Crippen LogP contribution < -0.4 is 4.74 Å². The molecule has 1 fully saturated rings. The molecule has 1 aliphatic carbocycles. The average molecular weight is 268 g/mol. The molecule has 1 saturated carbocycles. The Morgan fingerprint density at radius 1 is 1.39 bits per heavy atom. The lowest BCUT2D eigenvalue weighted by Gasteiger charge is -2.28. The minimum Gasteiger partial charge on any atom is -0.474 e. The first kappa shape index (κ1) is 13.7. The fourth-order valence-electron chi connectivity index (χ4n) is 2.66. The van der Waals surface area contributed by atoms with Gasteiger partial charge in [-0.05, 0) is 37.7 Å². The van der Waals surface area contributed by atoms with E-state index < -0.39 is 0 Å². The Hall–Kier alpha value is -0.760. The van der Waals surface area contributed by atoms with Crippen LogP contribution in [0.2, 0.25) is 0 Å². The van der Waals surface area contributed by atoms with Crippen LogP contribution in [-0.4, -0.2) is 11.1 Å². The zero-order valence-electron chi connectivity index (χ0n) is 11.3. The van der Waals surface area contributed by atoms with Crippen LogP contribution in [-0.2, 0) is 5.88 Å². The molecule has 1 aromatic heterocycles. The highest BCUT2D eigenvalue weighted by molar-refractivity contribution is 6.17. The second-order valence-corrected chi connectivity index (χ2v) is 5.48. The van der Waals surface area contributed by atoms with Gasteiger partial charge < -0.3 is 4.74 Å². The van der Waals surface area contributed by atoms with E-state index in [0.717, 1.165) is 29.5 Å². The average Bonchev–Trinajstić information content (AvgIpc) is 2.39. The van der Waals surface area contributed by atoms with Crippen LogP contribution >= 0.6 is 11.6 Å². The molecule has 0 spiro atoms. The third-order valence-electron chi connectivity index (χ3n) is 3.91. The molecule has 2 unspecified atom stereocenters. The quantitative estimate of drug-likeness (QED) is 0.751. The molecule has 1 heterocycles. The largest absolute Gasteiger partial charge is 0.474 e. The Morgan fingerprint density at radius 2 is 2.22 bits per heavy atom. The molecule has 0 bridgehead atoms. The molecule has 1 aromatic rings. The lowest BCUT2D eigenvalue weighted by Crippen LogP contribution is -2.25. The SMILES string of the molecule is CCC1CCCC(Oc2ccc(CCl)c(C)n2)C1. The lowest BCUT2D eigenvalue weighted by atomic mass is 9.85. The maximum Gasteiger partial charge on any atom is 0.213 e. The fraction of sp³-hybridized carbons (Fsp3) is 0.667. The number of ether oxygens (including phenoxy) is 1. The number of nitrogens with zero attached hydrogens (tertiary/aromatic N) is 1. The molecule has 0 aliphatic heterocycles. The van der Waals surface area contributed by atoms with Crippen molar-refractivity contribution < 1.29 is 4.74 Å². The summed E-state index contributed by atoms with van der Waals surface area (Å²) in [5.74, 6) is 2.09. The van der Waals surface area contributed by atoms with Gasteiger partial charge in [-0.2, -0.15) is 0 Å². The summed E-state index contributed by atoms with van der Waals surface area (Å²) in [6, 6.07) is 3.96. The number of hydrogen-bond donors (Lipinski definition) is 0. The highest BCUT2D eigenvalue weighted by Crippen LogP contribution is 2.29. The lowest BCUT2D eigenvalue weighted by molar-refractivity contribution is 0.117. The van der Waals surface area contributed by atoms with Gasteiger partial charge in [0.15, 0.2) is 0 Å². The minimum absolute atomic E-state index is 0.345. The predicted molar refractivity (Wildman–Crippen MR) is 75.2 cm³/mol. The van der Waals surface area contributed by atoms with Crippen LogP contribution in [0.4, 0.5) is 0 Å². The third-order valence-corrected chi connectivity index (χ3v) is 4.20. The molecule has 1 aliphatic rings. The summed E-state index contributed by atoms with van der Waals surface area (Å²) in [6.45, 7) is 4.25. The number of rotatable bonds is 4. The van der Waals surface area contributed by atoms with E-state index in [1.807, 2.05) is 19.1 Å². The van der Waals surface area contributed by atoms with Gasteiger partial charge in [0, 0.05) is 17.6 Å². The van der Waals surface area contributed by atoms with Gasteiger partial charge in [-0.1, -0.05) is 25.8 Å². The minimum atomic E-state index is 0.345. The first-order chi connectivity index (χ1) is 8.72. The molecule has 0 radical (unpaired) electrons. The standard InChI is InChI=1S/C15H22ClNO/c1-3-12-5-4-6-14(9-12)18-15-8-7-13(10-16)11(2)17-15/h7-8,12,14H,3-6,9-10H2,1-2H3. The Kier molecular flexibility index (Phi) is 4.87. The van der Waals surface area contributed by atoms with Gasteiger partial charge in [0.1, 0.15) is 6.10 Å². The van der Waals surface area contributed by atoms with Crippen molar-refractivity contribution in [2.24, 2.45) is 5.92 Å². The van der Waals surface area contributed by atoms with E-state index >= 15 is 0 Å². The van der Waals surface area contributed by atoms with E-state index in [-0.39, 0.29) is 0 Å². The topological polar surface area (TPSA) is 22.1 Å². The maximum absolute atomic E-state index is 6.01. The number of aryl methyl sites for hydroxylation is 1. The van der Waals surface area contributed by atoms with Crippen LogP contribution in [0.1, 0.15) is 50.3 Å². The van der Waals surface area contributed by atoms with E-state index in [9.17, 15) is 0 Å².